The molecule has 11 aromatic rings. The Morgan fingerprint density at radius 3 is 1.84 bits per heavy atom. The van der Waals surface area contributed by atoms with Gasteiger partial charge in [0, 0.05) is 28.6 Å². The van der Waals surface area contributed by atoms with Crippen LogP contribution in [-0.2, 0) is 6.42 Å². The van der Waals surface area contributed by atoms with Crippen LogP contribution in [0.15, 0.2) is 248 Å². The summed E-state index contributed by atoms with van der Waals surface area (Å²) in [5, 5.41) is 10.6. The Bertz CT molecular complexity index is 4520. The van der Waals surface area contributed by atoms with E-state index in [1.165, 1.54) is 149 Å². The molecule has 3 atom stereocenters. The maximum absolute atomic E-state index is 2.66. The third-order valence-electron chi connectivity index (χ3n) is 19.0. The molecular weight excluding hydrogens is 951 g/mol. The van der Waals surface area contributed by atoms with E-state index in [0.29, 0.717) is 17.8 Å². The molecule has 0 N–H and O–H groups in total. The number of nitrogens with zero attached hydrogens (tertiary/aromatic N) is 1. The first-order chi connectivity index (χ1) is 39.3. The molecule has 0 saturated carbocycles. The topological polar surface area (TPSA) is 3.24 Å². The lowest BCUT2D eigenvalue weighted by Crippen LogP contribution is -2.21. The lowest BCUT2D eigenvalue weighted by atomic mass is 9.75. The lowest BCUT2D eigenvalue weighted by Gasteiger charge is -2.35. The number of hydrogen-bond donors (Lipinski definition) is 0. The molecule has 0 radical (unpaired) electrons. The van der Waals surface area contributed by atoms with Crippen molar-refractivity contribution in [3.05, 3.63) is 282 Å². The quantitative estimate of drug-likeness (QED) is 0.123. The highest BCUT2D eigenvalue weighted by molar-refractivity contribution is 6.33. The van der Waals surface area contributed by atoms with Crippen molar-refractivity contribution in [3.8, 4) is 55.6 Å². The van der Waals surface area contributed by atoms with Crippen molar-refractivity contribution in [2.75, 3.05) is 4.90 Å². The van der Waals surface area contributed by atoms with Crippen molar-refractivity contribution in [3.63, 3.8) is 0 Å². The molecule has 1 heteroatoms. The highest BCUT2D eigenvalue weighted by Crippen LogP contribution is 2.63. The molecule has 3 unspecified atom stereocenters. The summed E-state index contributed by atoms with van der Waals surface area (Å²) in [4.78, 5) is 2.66. The number of fused-ring (bicyclic) bond motifs is 12. The number of allylic oxidation sites excluding steroid dienone is 8. The minimum absolute atomic E-state index is 0.227. The fourth-order valence-corrected chi connectivity index (χ4v) is 15.7. The molecule has 0 fully saturated rings. The van der Waals surface area contributed by atoms with Gasteiger partial charge in [0.2, 0.25) is 0 Å². The van der Waals surface area contributed by atoms with Crippen LogP contribution in [0.1, 0.15) is 77.3 Å². The maximum Gasteiger partial charge on any atom is 0.0584 e. The van der Waals surface area contributed by atoms with E-state index in [9.17, 15) is 0 Å². The molecule has 0 aromatic heterocycles. The van der Waals surface area contributed by atoms with Crippen molar-refractivity contribution >= 4 is 60.5 Å². The van der Waals surface area contributed by atoms with Gasteiger partial charge in [-0.2, -0.15) is 0 Å². The molecule has 0 bridgehead atoms. The minimum atomic E-state index is 0.227. The second-order valence-corrected chi connectivity index (χ2v) is 23.0. The van der Waals surface area contributed by atoms with Crippen LogP contribution in [0, 0.1) is 11.8 Å². The van der Waals surface area contributed by atoms with Gasteiger partial charge < -0.3 is 4.90 Å². The van der Waals surface area contributed by atoms with Crippen molar-refractivity contribution in [2.24, 2.45) is 11.8 Å². The van der Waals surface area contributed by atoms with Gasteiger partial charge in [-0.05, 0) is 195 Å². The normalized spacial score (nSPS) is 17.3. The third-order valence-corrected chi connectivity index (χ3v) is 19.0. The van der Waals surface area contributed by atoms with Gasteiger partial charge in [-0.3, -0.25) is 0 Å². The van der Waals surface area contributed by atoms with Gasteiger partial charge in [0.1, 0.15) is 0 Å². The molecule has 17 rings (SSSR count). The second-order valence-electron chi connectivity index (χ2n) is 23.0. The zero-order chi connectivity index (χ0) is 51.7. The number of hydrogen-bond acceptors (Lipinski definition) is 1. The predicted molar refractivity (Wildman–Crippen MR) is 334 cm³/mol. The van der Waals surface area contributed by atoms with Crippen LogP contribution in [0.3, 0.4) is 0 Å². The Balaban J connectivity index is 1.06. The van der Waals surface area contributed by atoms with E-state index in [4.69, 9.17) is 0 Å². The van der Waals surface area contributed by atoms with Gasteiger partial charge in [-0.25, -0.2) is 0 Å². The number of benzene rings is 11. The van der Waals surface area contributed by atoms with E-state index < -0.39 is 0 Å². The van der Waals surface area contributed by atoms with Crippen LogP contribution in [-0.4, -0.2) is 0 Å². The number of para-hydroxylation sites is 1. The van der Waals surface area contributed by atoms with Gasteiger partial charge in [-0.1, -0.05) is 231 Å². The summed E-state index contributed by atoms with van der Waals surface area (Å²) in [6, 6.07) is 74.5. The van der Waals surface area contributed by atoms with E-state index >= 15 is 0 Å². The molecule has 79 heavy (non-hydrogen) atoms. The molecule has 0 spiro atoms. The average molecular weight is 1010 g/mol. The summed E-state index contributed by atoms with van der Waals surface area (Å²) >= 11 is 0. The van der Waals surface area contributed by atoms with E-state index in [1.807, 2.05) is 0 Å². The lowest BCUT2D eigenvalue weighted by molar-refractivity contribution is 0.365. The summed E-state index contributed by atoms with van der Waals surface area (Å²) in [5.41, 5.74) is 26.1. The smallest absolute Gasteiger partial charge is 0.0584 e. The fraction of sp³-hybridized carbons (Fsp3) is 0.128. The Kier molecular flexibility index (Phi) is 10.1. The Labute approximate surface area is 462 Å². The van der Waals surface area contributed by atoms with E-state index in [-0.39, 0.29) is 5.92 Å². The summed E-state index contributed by atoms with van der Waals surface area (Å²) in [7, 11) is 0. The molecule has 6 aliphatic carbocycles. The van der Waals surface area contributed by atoms with Gasteiger partial charge in [0.25, 0.3) is 0 Å². The highest BCUT2D eigenvalue weighted by atomic mass is 15.2. The molecule has 0 amide bonds. The first-order valence-electron chi connectivity index (χ1n) is 28.9. The third kappa shape index (κ3) is 6.75. The monoisotopic (exact) mass is 1010 g/mol. The SMILES string of the molecule is C1=CCC(C(Cc2c3c(c(N(C4=CCCC=C4)c4ccccc4)c4ccc5c(ccc6c(-c7ccccc7)c7c(c(-c8ccccc8)c65)-c5cccc6cccc-7c56)c24)C2CC=Cc4cccc-3c42)CC2c3ccccc32)C=C1. The minimum Gasteiger partial charge on any atom is -0.310 e. The van der Waals surface area contributed by atoms with Crippen LogP contribution in [0.25, 0.3) is 105 Å². The van der Waals surface area contributed by atoms with E-state index in [2.05, 4.69) is 254 Å². The zero-order valence-corrected chi connectivity index (χ0v) is 44.2. The molecule has 6 aliphatic rings. The van der Waals surface area contributed by atoms with Crippen molar-refractivity contribution in [2.45, 2.75) is 50.4 Å². The second kappa shape index (κ2) is 17.7. The van der Waals surface area contributed by atoms with Crippen LogP contribution in [0.2, 0.25) is 0 Å². The highest BCUT2D eigenvalue weighted by Gasteiger charge is 2.42. The van der Waals surface area contributed by atoms with Gasteiger partial charge in [0.15, 0.2) is 0 Å². The molecule has 0 saturated heterocycles. The van der Waals surface area contributed by atoms with Crippen LogP contribution in [0.5, 0.6) is 0 Å². The zero-order valence-electron chi connectivity index (χ0n) is 44.2. The van der Waals surface area contributed by atoms with Crippen molar-refractivity contribution in [1.29, 1.82) is 0 Å². The molecule has 374 valence electrons. The first-order valence-corrected chi connectivity index (χ1v) is 28.9. The standard InChI is InChI=1S/C78H57N/c1-6-22-48(23-7-1)53(46-66-56-36-16-17-37-57(56)66)47-67-72-58-42-44-64-70(51-24-8-2-9-25-51)75-61-39-19-29-50-30-20-40-62(69(50)61)76(75)71(52-26-10-3-11-27-52)73(64)59(58)43-45-65(72)78(79(54-32-12-4-13-33-54)55-34-14-5-15-35-55)77-63-41-21-31-49-28-18-38-60(68(49)63)74(67)77/h1-4,6-14,16-22,24-40,42-45,48,53,63,66H,5,15,23,41,46-47H2. The number of anilines is 2. The molecular formula is C78H57N. The van der Waals surface area contributed by atoms with Crippen LogP contribution in [0.4, 0.5) is 11.4 Å². The molecule has 0 heterocycles. The summed E-state index contributed by atoms with van der Waals surface area (Å²) < 4.78 is 0. The van der Waals surface area contributed by atoms with Gasteiger partial charge in [0.05, 0.1) is 5.69 Å². The van der Waals surface area contributed by atoms with Crippen molar-refractivity contribution < 1.29 is 0 Å². The van der Waals surface area contributed by atoms with Crippen LogP contribution < -0.4 is 4.90 Å². The molecule has 11 aromatic carbocycles. The number of rotatable bonds is 10. The molecule has 0 aliphatic heterocycles. The van der Waals surface area contributed by atoms with Crippen molar-refractivity contribution in [1.82, 2.24) is 0 Å². The Morgan fingerprint density at radius 2 is 1.11 bits per heavy atom. The largest absolute Gasteiger partial charge is 0.310 e. The molecule has 1 nitrogen and oxygen atoms in total. The maximum atomic E-state index is 2.66. The summed E-state index contributed by atoms with van der Waals surface area (Å²) in [6.45, 7) is 0. The van der Waals surface area contributed by atoms with E-state index in [1.54, 1.807) is 0 Å². The predicted octanol–water partition coefficient (Wildman–Crippen LogP) is 21.0. The average Bonchev–Trinajstić information content (AvgIpc) is 4.02. The summed E-state index contributed by atoms with van der Waals surface area (Å²) in [6.07, 6.45) is 27.9. The Hall–Kier alpha value is -9.04. The summed E-state index contributed by atoms with van der Waals surface area (Å²) in [5.74, 6) is 1.55. The van der Waals surface area contributed by atoms with E-state index in [0.717, 1.165) is 38.5 Å². The fourth-order valence-electron chi connectivity index (χ4n) is 15.7. The van der Waals surface area contributed by atoms with Gasteiger partial charge >= 0.3 is 0 Å². The Morgan fingerprint density at radius 1 is 0.456 bits per heavy atom. The van der Waals surface area contributed by atoms with Gasteiger partial charge in [-0.15, -0.1) is 0 Å². The van der Waals surface area contributed by atoms with Crippen LogP contribution >= 0.6 is 0 Å². The first kappa shape index (κ1) is 45.0.